The third-order valence-corrected chi connectivity index (χ3v) is 6.52. The quantitative estimate of drug-likeness (QED) is 0.521. The average Bonchev–Trinajstić information content (AvgIpc) is 3.16. The van der Waals surface area contributed by atoms with Crippen LogP contribution in [0, 0.1) is 0 Å². The Kier molecular flexibility index (Phi) is 6.96. The molecule has 7 nitrogen and oxygen atoms in total. The molecule has 9 heteroatoms. The number of benzene rings is 2. The molecule has 0 bridgehead atoms. The SMILES string of the molecule is CSc1ncc(C(=O)NCc2cccc(S(=O)(=O)NC(C)C)c2)n1-c1ccccc1. The topological polar surface area (TPSA) is 93.1 Å². The Balaban J connectivity index is 1.79. The summed E-state index contributed by atoms with van der Waals surface area (Å²) in [6.45, 7) is 3.72. The number of hydrogen-bond donors (Lipinski definition) is 2. The summed E-state index contributed by atoms with van der Waals surface area (Å²) in [5, 5.41) is 3.57. The highest BCUT2D eigenvalue weighted by atomic mass is 32.2. The van der Waals surface area contributed by atoms with Gasteiger partial charge in [0.25, 0.3) is 5.91 Å². The number of aromatic nitrogens is 2. The highest BCUT2D eigenvalue weighted by molar-refractivity contribution is 7.98. The van der Waals surface area contributed by atoms with Crippen molar-refractivity contribution in [3.8, 4) is 5.69 Å². The molecule has 0 radical (unpaired) electrons. The summed E-state index contributed by atoms with van der Waals surface area (Å²) in [5.74, 6) is -0.291. The van der Waals surface area contributed by atoms with Gasteiger partial charge in [-0.25, -0.2) is 18.1 Å². The van der Waals surface area contributed by atoms with Crippen molar-refractivity contribution >= 4 is 27.7 Å². The molecule has 0 spiro atoms. The first-order valence-electron chi connectivity index (χ1n) is 9.38. The van der Waals surface area contributed by atoms with Crippen LogP contribution in [0.1, 0.15) is 29.9 Å². The van der Waals surface area contributed by atoms with Crippen LogP contribution in [-0.2, 0) is 16.6 Å². The average molecular weight is 445 g/mol. The van der Waals surface area contributed by atoms with Gasteiger partial charge in [0.2, 0.25) is 10.0 Å². The molecular formula is C21H24N4O3S2. The number of nitrogens with one attached hydrogen (secondary N) is 2. The van der Waals surface area contributed by atoms with Gasteiger partial charge in [-0.15, -0.1) is 0 Å². The second-order valence-electron chi connectivity index (χ2n) is 6.91. The third-order valence-electron chi connectivity index (χ3n) is 4.21. The minimum Gasteiger partial charge on any atom is -0.347 e. The number of amides is 1. The van der Waals surface area contributed by atoms with Crippen molar-refractivity contribution in [2.45, 2.75) is 36.5 Å². The molecule has 3 aromatic rings. The van der Waals surface area contributed by atoms with E-state index >= 15 is 0 Å². The Morgan fingerprint density at radius 3 is 2.53 bits per heavy atom. The fourth-order valence-electron chi connectivity index (χ4n) is 2.94. The van der Waals surface area contributed by atoms with Crippen LogP contribution in [0.15, 0.2) is 70.8 Å². The minimum absolute atomic E-state index is 0.168. The van der Waals surface area contributed by atoms with Crippen LogP contribution in [0.4, 0.5) is 0 Å². The lowest BCUT2D eigenvalue weighted by Crippen LogP contribution is -2.30. The summed E-state index contributed by atoms with van der Waals surface area (Å²) in [7, 11) is -3.60. The Hall–Kier alpha value is -2.62. The van der Waals surface area contributed by atoms with Crippen molar-refractivity contribution in [1.82, 2.24) is 19.6 Å². The lowest BCUT2D eigenvalue weighted by molar-refractivity contribution is 0.0943. The van der Waals surface area contributed by atoms with Crippen molar-refractivity contribution in [2.24, 2.45) is 0 Å². The number of carbonyl (C=O) groups is 1. The Labute approximate surface area is 181 Å². The van der Waals surface area contributed by atoms with Gasteiger partial charge in [-0.1, -0.05) is 42.1 Å². The first kappa shape index (κ1) is 22.1. The zero-order valence-electron chi connectivity index (χ0n) is 17.0. The summed E-state index contributed by atoms with van der Waals surface area (Å²) >= 11 is 1.45. The van der Waals surface area contributed by atoms with Crippen molar-refractivity contribution in [3.05, 3.63) is 72.1 Å². The summed E-state index contributed by atoms with van der Waals surface area (Å²) in [6, 6.07) is 15.9. The Morgan fingerprint density at radius 1 is 1.13 bits per heavy atom. The maximum Gasteiger partial charge on any atom is 0.270 e. The van der Waals surface area contributed by atoms with E-state index in [0.29, 0.717) is 16.4 Å². The predicted molar refractivity (Wildman–Crippen MR) is 118 cm³/mol. The van der Waals surface area contributed by atoms with Crippen LogP contribution in [0.3, 0.4) is 0 Å². The van der Waals surface area contributed by atoms with E-state index in [1.165, 1.54) is 17.8 Å². The first-order chi connectivity index (χ1) is 14.3. The molecule has 0 aliphatic rings. The van der Waals surface area contributed by atoms with E-state index in [1.807, 2.05) is 36.6 Å². The number of rotatable bonds is 8. The van der Waals surface area contributed by atoms with Gasteiger partial charge in [0.15, 0.2) is 5.16 Å². The van der Waals surface area contributed by atoms with Crippen LogP contribution in [0.25, 0.3) is 5.69 Å². The summed E-state index contributed by atoms with van der Waals surface area (Å²) in [6.07, 6.45) is 3.45. The second kappa shape index (κ2) is 9.46. The fourth-order valence-corrected chi connectivity index (χ4v) is 4.80. The van der Waals surface area contributed by atoms with Gasteiger partial charge < -0.3 is 5.32 Å². The number of thioether (sulfide) groups is 1. The summed E-state index contributed by atoms with van der Waals surface area (Å²) < 4.78 is 29.1. The zero-order valence-corrected chi connectivity index (χ0v) is 18.6. The molecule has 0 unspecified atom stereocenters. The van der Waals surface area contributed by atoms with Gasteiger partial charge in [-0.05, 0) is 49.9 Å². The normalized spacial score (nSPS) is 11.6. The molecule has 30 heavy (non-hydrogen) atoms. The molecule has 0 aliphatic heterocycles. The van der Waals surface area contributed by atoms with Crippen molar-refractivity contribution in [2.75, 3.05) is 6.26 Å². The fraction of sp³-hybridized carbons (Fsp3) is 0.238. The monoisotopic (exact) mass is 444 g/mol. The molecule has 3 rings (SSSR count). The van der Waals surface area contributed by atoms with E-state index in [2.05, 4.69) is 15.0 Å². The molecule has 2 aromatic carbocycles. The molecular weight excluding hydrogens is 420 g/mol. The molecule has 0 saturated heterocycles. The highest BCUT2D eigenvalue weighted by Crippen LogP contribution is 2.21. The Bertz CT molecular complexity index is 1130. The number of imidazole rings is 1. The van der Waals surface area contributed by atoms with E-state index in [0.717, 1.165) is 5.69 Å². The summed E-state index contributed by atoms with van der Waals surface area (Å²) in [5.41, 5.74) is 1.94. The highest BCUT2D eigenvalue weighted by Gasteiger charge is 2.18. The first-order valence-corrected chi connectivity index (χ1v) is 12.1. The van der Waals surface area contributed by atoms with Crippen molar-refractivity contribution in [3.63, 3.8) is 0 Å². The molecule has 0 aliphatic carbocycles. The molecule has 1 heterocycles. The minimum atomic E-state index is -3.60. The second-order valence-corrected chi connectivity index (χ2v) is 9.39. The number of para-hydroxylation sites is 1. The maximum atomic E-state index is 12.9. The Morgan fingerprint density at radius 2 is 1.87 bits per heavy atom. The van der Waals surface area contributed by atoms with Crippen LogP contribution in [0.5, 0.6) is 0 Å². The van der Waals surface area contributed by atoms with E-state index in [4.69, 9.17) is 0 Å². The molecule has 0 saturated carbocycles. The van der Waals surface area contributed by atoms with Crippen molar-refractivity contribution < 1.29 is 13.2 Å². The number of nitrogens with zero attached hydrogens (tertiary/aromatic N) is 2. The van der Waals surface area contributed by atoms with Crippen molar-refractivity contribution in [1.29, 1.82) is 0 Å². The molecule has 1 aromatic heterocycles. The molecule has 1 amide bonds. The lowest BCUT2D eigenvalue weighted by Gasteiger charge is -2.12. The van der Waals surface area contributed by atoms with Gasteiger partial charge in [0.1, 0.15) is 5.69 Å². The zero-order chi connectivity index (χ0) is 21.7. The maximum absolute atomic E-state index is 12.9. The third kappa shape index (κ3) is 5.10. The molecule has 2 N–H and O–H groups in total. The van der Waals surface area contributed by atoms with Gasteiger partial charge in [0.05, 0.1) is 11.1 Å². The van der Waals surface area contributed by atoms with Gasteiger partial charge in [-0.2, -0.15) is 0 Å². The molecule has 158 valence electrons. The molecule has 0 atom stereocenters. The van der Waals surface area contributed by atoms with E-state index in [9.17, 15) is 13.2 Å². The largest absolute Gasteiger partial charge is 0.347 e. The van der Waals surface area contributed by atoms with E-state index < -0.39 is 10.0 Å². The van der Waals surface area contributed by atoms with Crippen LogP contribution < -0.4 is 10.0 Å². The number of sulfonamides is 1. The number of hydrogen-bond acceptors (Lipinski definition) is 5. The van der Waals surface area contributed by atoms with Gasteiger partial charge >= 0.3 is 0 Å². The molecule has 0 fully saturated rings. The van der Waals surface area contributed by atoms with Crippen LogP contribution >= 0.6 is 11.8 Å². The number of carbonyl (C=O) groups excluding carboxylic acids is 1. The van der Waals surface area contributed by atoms with Crippen LogP contribution in [0.2, 0.25) is 0 Å². The van der Waals surface area contributed by atoms with Crippen LogP contribution in [-0.4, -0.2) is 36.2 Å². The van der Waals surface area contributed by atoms with E-state index in [1.54, 1.807) is 42.8 Å². The standard InChI is InChI=1S/C21H24N4O3S2/c1-15(2)24-30(27,28)18-11-7-8-16(12-18)13-22-20(26)19-14-23-21(29-3)25(19)17-9-5-4-6-10-17/h4-12,14-15,24H,13H2,1-3H3,(H,22,26). The van der Waals surface area contributed by atoms with Gasteiger partial charge in [0, 0.05) is 18.3 Å². The smallest absolute Gasteiger partial charge is 0.270 e. The predicted octanol–water partition coefficient (Wildman–Crippen LogP) is 3.21. The van der Waals surface area contributed by atoms with Gasteiger partial charge in [-0.3, -0.25) is 9.36 Å². The lowest BCUT2D eigenvalue weighted by atomic mass is 10.2. The summed E-state index contributed by atoms with van der Waals surface area (Å²) in [4.78, 5) is 17.4. The van der Waals surface area contributed by atoms with E-state index in [-0.39, 0.29) is 23.4 Å².